The van der Waals surface area contributed by atoms with Crippen molar-refractivity contribution in [3.8, 4) is 0 Å². The van der Waals surface area contributed by atoms with Gasteiger partial charge in [0.15, 0.2) is 5.17 Å². The number of aryl methyl sites for hydroxylation is 1. The lowest BCUT2D eigenvalue weighted by Crippen LogP contribution is -2.13. The van der Waals surface area contributed by atoms with Crippen molar-refractivity contribution in [2.24, 2.45) is 4.76 Å². The zero-order chi connectivity index (χ0) is 14.1. The molecule has 1 unspecified atom stereocenters. The van der Waals surface area contributed by atoms with E-state index in [9.17, 15) is 9.46 Å². The molecule has 0 saturated carbocycles. The Hall–Kier alpha value is -0.810. The van der Waals surface area contributed by atoms with Crippen molar-refractivity contribution >= 4 is 24.7 Å². The Morgan fingerprint density at radius 3 is 2.74 bits per heavy atom. The molecule has 1 rings (SSSR count). The van der Waals surface area contributed by atoms with Crippen molar-refractivity contribution in [1.82, 2.24) is 5.32 Å². The fraction of sp³-hybridized carbons (Fsp3) is 0.417. The van der Waals surface area contributed by atoms with Crippen LogP contribution in [0, 0.1) is 0 Å². The first-order valence-electron chi connectivity index (χ1n) is 5.90. The van der Waals surface area contributed by atoms with E-state index in [1.807, 2.05) is 30.3 Å². The molecule has 1 aromatic carbocycles. The van der Waals surface area contributed by atoms with Gasteiger partial charge in [-0.3, -0.25) is 4.52 Å². The second-order valence-corrected chi connectivity index (χ2v) is 6.01. The lowest BCUT2D eigenvalue weighted by molar-refractivity contribution is 0.257. The number of hydrogen-bond donors (Lipinski definition) is 2. The molecule has 0 bridgehead atoms. The summed E-state index contributed by atoms with van der Waals surface area (Å²) in [5.41, 5.74) is 1.18. The summed E-state index contributed by atoms with van der Waals surface area (Å²) in [6, 6.07) is 9.93. The van der Waals surface area contributed by atoms with Crippen molar-refractivity contribution in [2.45, 2.75) is 12.8 Å². The molecule has 1 aromatic rings. The molecule has 5 nitrogen and oxygen atoms in total. The first-order valence-corrected chi connectivity index (χ1v) is 8.66. The Morgan fingerprint density at radius 1 is 1.47 bits per heavy atom. The highest BCUT2D eigenvalue weighted by Gasteiger charge is 2.18. The smallest absolute Gasteiger partial charge is 0.368 e. The minimum absolute atomic E-state index is 0.206. The Balaban J connectivity index is 2.36. The molecule has 0 radical (unpaired) electrons. The van der Waals surface area contributed by atoms with Gasteiger partial charge in [-0.25, -0.2) is 4.57 Å². The van der Waals surface area contributed by atoms with Gasteiger partial charge in [-0.05, 0) is 24.7 Å². The molecule has 0 fully saturated rings. The van der Waals surface area contributed by atoms with E-state index in [1.165, 1.54) is 17.3 Å². The Labute approximate surface area is 118 Å². The van der Waals surface area contributed by atoms with Crippen LogP contribution in [-0.4, -0.2) is 30.0 Å². The largest absolute Gasteiger partial charge is 0.453 e. The number of nitrogens with zero attached hydrogens (tertiary/aromatic N) is 1. The molecule has 0 aliphatic carbocycles. The van der Waals surface area contributed by atoms with Crippen molar-refractivity contribution in [1.29, 1.82) is 0 Å². The highest BCUT2D eigenvalue weighted by atomic mass is 32.2. The third-order valence-electron chi connectivity index (χ3n) is 2.34. The zero-order valence-corrected chi connectivity index (χ0v) is 12.8. The molecule has 0 amide bonds. The van der Waals surface area contributed by atoms with E-state index in [0.29, 0.717) is 11.6 Å². The van der Waals surface area contributed by atoms with Crippen molar-refractivity contribution in [3.05, 3.63) is 35.9 Å². The summed E-state index contributed by atoms with van der Waals surface area (Å²) >= 11 is 1.26. The van der Waals surface area contributed by atoms with Crippen LogP contribution in [0.1, 0.15) is 12.0 Å². The maximum Gasteiger partial charge on any atom is 0.453 e. The molecule has 2 N–H and O–H groups in total. The van der Waals surface area contributed by atoms with Gasteiger partial charge in [-0.15, -0.1) is 0 Å². The second kappa shape index (κ2) is 8.38. The molecule has 0 aliphatic heterocycles. The molecule has 106 valence electrons. The first-order chi connectivity index (χ1) is 9.07. The number of hydrogen-bond acceptors (Lipinski definition) is 3. The number of thioether (sulfide) groups is 1. The van der Waals surface area contributed by atoms with Gasteiger partial charge in [0.05, 0.1) is 6.61 Å². The summed E-state index contributed by atoms with van der Waals surface area (Å²) in [5, 5.41) is 3.11. The topological polar surface area (TPSA) is 70.9 Å². The second-order valence-electron chi connectivity index (χ2n) is 3.77. The summed E-state index contributed by atoms with van der Waals surface area (Å²) < 4.78 is 20.2. The molecule has 7 heteroatoms. The van der Waals surface area contributed by atoms with E-state index in [1.54, 1.807) is 13.3 Å². The lowest BCUT2D eigenvalue weighted by Gasteiger charge is -2.09. The van der Waals surface area contributed by atoms with Crippen LogP contribution >= 0.6 is 19.5 Å². The van der Waals surface area contributed by atoms with E-state index in [0.717, 1.165) is 6.42 Å². The number of nitrogens with one attached hydrogen (secondary N) is 1. The van der Waals surface area contributed by atoms with Gasteiger partial charge < -0.3 is 10.2 Å². The third kappa shape index (κ3) is 6.78. The summed E-state index contributed by atoms with van der Waals surface area (Å²) in [5.74, 6) is 0. The third-order valence-corrected chi connectivity index (χ3v) is 4.13. The highest BCUT2D eigenvalue weighted by Crippen LogP contribution is 2.44. The predicted octanol–water partition coefficient (Wildman–Crippen LogP) is 2.67. The fourth-order valence-corrected chi connectivity index (χ4v) is 3.04. The Morgan fingerprint density at radius 2 is 2.16 bits per heavy atom. The number of benzene rings is 1. The van der Waals surface area contributed by atoms with E-state index in [2.05, 4.69) is 10.1 Å². The van der Waals surface area contributed by atoms with Crippen LogP contribution in [-0.2, 0) is 15.5 Å². The van der Waals surface area contributed by atoms with E-state index in [-0.39, 0.29) is 6.61 Å². The van der Waals surface area contributed by atoms with Crippen LogP contribution in [0.25, 0.3) is 0 Å². The van der Waals surface area contributed by atoms with Crippen LogP contribution in [0.5, 0.6) is 0 Å². The summed E-state index contributed by atoms with van der Waals surface area (Å²) in [7, 11) is -2.25. The number of amidine groups is 1. The molecule has 0 spiro atoms. The SMILES string of the molecule is CNC(=NP(=O)(O)OCCCc1ccccc1)SC. The Bertz CT molecular complexity index is 448. The van der Waals surface area contributed by atoms with Crippen molar-refractivity contribution in [2.75, 3.05) is 19.9 Å². The molecule has 0 aliphatic rings. The monoisotopic (exact) mass is 302 g/mol. The quantitative estimate of drug-likeness (QED) is 0.366. The predicted molar refractivity (Wildman–Crippen MR) is 80.6 cm³/mol. The zero-order valence-electron chi connectivity index (χ0n) is 11.1. The van der Waals surface area contributed by atoms with Crippen LogP contribution in [0.2, 0.25) is 0 Å². The maximum atomic E-state index is 11.6. The molecule has 19 heavy (non-hydrogen) atoms. The molecular formula is C12H19N2O3PS. The maximum absolute atomic E-state index is 11.6. The molecule has 0 saturated heterocycles. The minimum Gasteiger partial charge on any atom is -0.368 e. The van der Waals surface area contributed by atoms with Gasteiger partial charge in [-0.1, -0.05) is 42.1 Å². The molecular weight excluding hydrogens is 283 g/mol. The van der Waals surface area contributed by atoms with E-state index < -0.39 is 7.75 Å². The van der Waals surface area contributed by atoms with Crippen LogP contribution < -0.4 is 5.32 Å². The lowest BCUT2D eigenvalue weighted by atomic mass is 10.1. The number of rotatable bonds is 6. The average molecular weight is 302 g/mol. The first kappa shape index (κ1) is 16.2. The van der Waals surface area contributed by atoms with Gasteiger partial charge in [-0.2, -0.15) is 4.76 Å². The minimum atomic E-state index is -3.90. The van der Waals surface area contributed by atoms with Gasteiger partial charge in [0.1, 0.15) is 0 Å². The molecule has 0 aromatic heterocycles. The van der Waals surface area contributed by atoms with E-state index >= 15 is 0 Å². The van der Waals surface area contributed by atoms with Crippen molar-refractivity contribution in [3.63, 3.8) is 0 Å². The van der Waals surface area contributed by atoms with Gasteiger partial charge >= 0.3 is 7.75 Å². The van der Waals surface area contributed by atoms with E-state index in [4.69, 9.17) is 4.52 Å². The van der Waals surface area contributed by atoms with Gasteiger partial charge in [0, 0.05) is 7.05 Å². The van der Waals surface area contributed by atoms with Gasteiger partial charge in [0.25, 0.3) is 0 Å². The highest BCUT2D eigenvalue weighted by molar-refractivity contribution is 8.13. The van der Waals surface area contributed by atoms with Gasteiger partial charge in [0.2, 0.25) is 0 Å². The fourth-order valence-electron chi connectivity index (χ4n) is 1.44. The summed E-state index contributed by atoms with van der Waals surface area (Å²) in [4.78, 5) is 9.54. The van der Waals surface area contributed by atoms with Crippen LogP contribution in [0.4, 0.5) is 0 Å². The molecule has 0 heterocycles. The molecule has 1 atom stereocenters. The van der Waals surface area contributed by atoms with Crippen LogP contribution in [0.15, 0.2) is 35.1 Å². The normalized spacial score (nSPS) is 15.0. The van der Waals surface area contributed by atoms with Crippen molar-refractivity contribution < 1.29 is 14.0 Å². The average Bonchev–Trinajstić information content (AvgIpc) is 2.42. The standard InChI is InChI=1S/C12H19N2O3PS/c1-13-12(19-2)14-18(15,16)17-10-6-9-11-7-4-3-5-8-11/h3-5,7-8H,6,9-10H2,1-2H3,(H2,13,14,15,16). The van der Waals surface area contributed by atoms with Crippen LogP contribution in [0.3, 0.4) is 0 Å². The summed E-state index contributed by atoms with van der Waals surface area (Å²) in [6.45, 7) is 0.206. The Kier molecular flexibility index (Phi) is 7.16. The summed E-state index contributed by atoms with van der Waals surface area (Å²) in [6.07, 6.45) is 3.26.